The molecule has 1 aromatic carbocycles. The van der Waals surface area contributed by atoms with Crippen LogP contribution in [0.5, 0.6) is 0 Å². The van der Waals surface area contributed by atoms with Crippen molar-refractivity contribution in [2.45, 2.75) is 32.4 Å². The van der Waals surface area contributed by atoms with Crippen molar-refractivity contribution in [3.8, 4) is 0 Å². The van der Waals surface area contributed by atoms with Crippen LogP contribution in [0.1, 0.15) is 31.4 Å². The van der Waals surface area contributed by atoms with Crippen LogP contribution in [-0.4, -0.2) is 9.67 Å². The molecule has 1 atom stereocenters. The van der Waals surface area contributed by atoms with Crippen LogP contribution in [0.2, 0.25) is 0 Å². The van der Waals surface area contributed by atoms with E-state index >= 15 is 0 Å². The van der Waals surface area contributed by atoms with Gasteiger partial charge in [0.05, 0.1) is 6.10 Å². The number of hydrogen-bond acceptors (Lipinski definition) is 1. The van der Waals surface area contributed by atoms with Gasteiger partial charge in [0.15, 0.2) is 0 Å². The van der Waals surface area contributed by atoms with Crippen molar-refractivity contribution in [3.63, 3.8) is 0 Å². The average Bonchev–Trinajstić information content (AvgIpc) is 2.99. The van der Waals surface area contributed by atoms with Gasteiger partial charge in [-0.1, -0.05) is 6.07 Å². The minimum atomic E-state index is -0.379. The van der Waals surface area contributed by atoms with E-state index in [4.69, 9.17) is 0 Å². The predicted octanol–water partition coefficient (Wildman–Crippen LogP) is 3.10. The highest BCUT2D eigenvalue weighted by atomic mass is 16.3. The largest absolute Gasteiger partial charge is 0.389 e. The Hall–Kier alpha value is -1.28. The van der Waals surface area contributed by atoms with Gasteiger partial charge in [-0.25, -0.2) is 0 Å². The van der Waals surface area contributed by atoms with E-state index < -0.39 is 0 Å². The lowest BCUT2D eigenvalue weighted by Gasteiger charge is -2.07. The van der Waals surface area contributed by atoms with Crippen molar-refractivity contribution in [2.75, 3.05) is 0 Å². The first-order chi connectivity index (χ1) is 7.74. The normalized spacial score (nSPS) is 17.9. The smallest absolute Gasteiger partial charge is 0.0762 e. The molecule has 1 aromatic heterocycles. The van der Waals surface area contributed by atoms with Crippen molar-refractivity contribution in [3.05, 3.63) is 36.0 Å². The molecule has 0 spiro atoms. The summed E-state index contributed by atoms with van der Waals surface area (Å²) < 4.78 is 2.33. The molecular weight excluding hydrogens is 198 g/mol. The Morgan fingerprint density at radius 2 is 2.19 bits per heavy atom. The Labute approximate surface area is 95.5 Å². The van der Waals surface area contributed by atoms with Gasteiger partial charge in [-0.2, -0.15) is 0 Å². The summed E-state index contributed by atoms with van der Waals surface area (Å²) in [5.74, 6) is 0.895. The van der Waals surface area contributed by atoms with E-state index in [0.717, 1.165) is 18.0 Å². The van der Waals surface area contributed by atoms with Crippen LogP contribution in [-0.2, 0) is 6.54 Å². The Bertz CT molecular complexity index is 508. The van der Waals surface area contributed by atoms with Crippen molar-refractivity contribution < 1.29 is 5.11 Å². The van der Waals surface area contributed by atoms with Gasteiger partial charge in [0, 0.05) is 18.3 Å². The zero-order chi connectivity index (χ0) is 11.1. The SMILES string of the molecule is CC(O)c1ccc2c(ccn2CC2CC2)c1. The second-order valence-corrected chi connectivity index (χ2v) is 4.91. The van der Waals surface area contributed by atoms with Crippen LogP contribution in [0.25, 0.3) is 10.9 Å². The second kappa shape index (κ2) is 3.63. The number of aromatic nitrogens is 1. The summed E-state index contributed by atoms with van der Waals surface area (Å²) in [4.78, 5) is 0. The Kier molecular flexibility index (Phi) is 2.25. The third kappa shape index (κ3) is 1.74. The molecule has 1 heterocycles. The van der Waals surface area contributed by atoms with Crippen LogP contribution >= 0.6 is 0 Å². The molecule has 3 rings (SSSR count). The molecule has 1 aliphatic rings. The summed E-state index contributed by atoms with van der Waals surface area (Å²) in [7, 11) is 0. The predicted molar refractivity (Wildman–Crippen MR) is 65.3 cm³/mol. The molecule has 0 aliphatic heterocycles. The number of aliphatic hydroxyl groups excluding tert-OH is 1. The average molecular weight is 215 g/mol. The van der Waals surface area contributed by atoms with Gasteiger partial charge in [0.2, 0.25) is 0 Å². The molecule has 1 aliphatic carbocycles. The first kappa shape index (κ1) is 9.91. The lowest BCUT2D eigenvalue weighted by Crippen LogP contribution is -1.97. The molecule has 1 N–H and O–H groups in total. The molecule has 84 valence electrons. The van der Waals surface area contributed by atoms with Crippen molar-refractivity contribution in [1.29, 1.82) is 0 Å². The summed E-state index contributed by atoms with van der Waals surface area (Å²) in [6.07, 6.45) is 4.54. The Morgan fingerprint density at radius 3 is 2.88 bits per heavy atom. The molecule has 2 heteroatoms. The highest BCUT2D eigenvalue weighted by Crippen LogP contribution is 2.32. The minimum Gasteiger partial charge on any atom is -0.389 e. The molecular formula is C14H17NO. The molecule has 1 saturated carbocycles. The number of benzene rings is 1. The van der Waals surface area contributed by atoms with Crippen LogP contribution in [0.3, 0.4) is 0 Å². The third-order valence-electron chi connectivity index (χ3n) is 3.43. The lowest BCUT2D eigenvalue weighted by atomic mass is 10.1. The Morgan fingerprint density at radius 1 is 1.38 bits per heavy atom. The van der Waals surface area contributed by atoms with Crippen LogP contribution < -0.4 is 0 Å². The fourth-order valence-corrected chi connectivity index (χ4v) is 2.22. The van der Waals surface area contributed by atoms with Gasteiger partial charge in [0.25, 0.3) is 0 Å². The maximum absolute atomic E-state index is 9.54. The minimum absolute atomic E-state index is 0.379. The Balaban J connectivity index is 1.99. The van der Waals surface area contributed by atoms with Crippen LogP contribution in [0, 0.1) is 5.92 Å². The van der Waals surface area contributed by atoms with Gasteiger partial charge in [-0.15, -0.1) is 0 Å². The molecule has 1 unspecified atom stereocenters. The molecule has 1 fully saturated rings. The fraction of sp³-hybridized carbons (Fsp3) is 0.429. The quantitative estimate of drug-likeness (QED) is 0.836. The zero-order valence-electron chi connectivity index (χ0n) is 9.56. The number of nitrogens with zero attached hydrogens (tertiary/aromatic N) is 1. The highest BCUT2D eigenvalue weighted by molar-refractivity contribution is 5.81. The summed E-state index contributed by atoms with van der Waals surface area (Å²) in [5, 5.41) is 10.8. The molecule has 16 heavy (non-hydrogen) atoms. The second-order valence-electron chi connectivity index (χ2n) is 4.91. The fourth-order valence-electron chi connectivity index (χ4n) is 2.22. The van der Waals surface area contributed by atoms with Gasteiger partial charge in [-0.3, -0.25) is 0 Å². The molecule has 0 amide bonds. The summed E-state index contributed by atoms with van der Waals surface area (Å²) in [6, 6.07) is 8.38. The van der Waals surface area contributed by atoms with E-state index in [0.29, 0.717) is 0 Å². The molecule has 0 bridgehead atoms. The van der Waals surface area contributed by atoms with Gasteiger partial charge >= 0.3 is 0 Å². The van der Waals surface area contributed by atoms with E-state index in [1.807, 2.05) is 13.0 Å². The van der Waals surface area contributed by atoms with E-state index in [1.165, 1.54) is 23.7 Å². The van der Waals surface area contributed by atoms with Crippen molar-refractivity contribution >= 4 is 10.9 Å². The van der Waals surface area contributed by atoms with Gasteiger partial charge < -0.3 is 9.67 Å². The van der Waals surface area contributed by atoms with Crippen molar-refractivity contribution in [2.24, 2.45) is 5.92 Å². The summed E-state index contributed by atoms with van der Waals surface area (Å²) >= 11 is 0. The maximum atomic E-state index is 9.54. The highest BCUT2D eigenvalue weighted by Gasteiger charge is 2.22. The van der Waals surface area contributed by atoms with Crippen molar-refractivity contribution in [1.82, 2.24) is 4.57 Å². The standard InChI is InChI=1S/C14H17NO/c1-10(16)12-4-5-14-13(8-12)6-7-15(14)9-11-2-3-11/h4-8,10-11,16H,2-3,9H2,1H3. The first-order valence-electron chi connectivity index (χ1n) is 6.01. The van der Waals surface area contributed by atoms with Gasteiger partial charge in [0.1, 0.15) is 0 Å². The summed E-state index contributed by atoms with van der Waals surface area (Å²) in [5.41, 5.74) is 2.29. The monoisotopic (exact) mass is 215 g/mol. The zero-order valence-corrected chi connectivity index (χ0v) is 9.56. The van der Waals surface area contributed by atoms with E-state index in [-0.39, 0.29) is 6.10 Å². The molecule has 2 nitrogen and oxygen atoms in total. The number of aliphatic hydroxyl groups is 1. The third-order valence-corrected chi connectivity index (χ3v) is 3.43. The number of rotatable bonds is 3. The van der Waals surface area contributed by atoms with E-state index in [2.05, 4.69) is 29.0 Å². The summed E-state index contributed by atoms with van der Waals surface area (Å²) in [6.45, 7) is 2.96. The molecule has 2 aromatic rings. The number of hydrogen-bond donors (Lipinski definition) is 1. The van der Waals surface area contributed by atoms with Gasteiger partial charge in [-0.05, 0) is 54.8 Å². The van der Waals surface area contributed by atoms with Crippen LogP contribution in [0.4, 0.5) is 0 Å². The topological polar surface area (TPSA) is 25.2 Å². The van der Waals surface area contributed by atoms with E-state index in [1.54, 1.807) is 0 Å². The maximum Gasteiger partial charge on any atom is 0.0762 e. The lowest BCUT2D eigenvalue weighted by molar-refractivity contribution is 0.199. The molecule has 0 saturated heterocycles. The number of fused-ring (bicyclic) bond motifs is 1. The first-order valence-corrected chi connectivity index (χ1v) is 6.01. The van der Waals surface area contributed by atoms with Crippen LogP contribution in [0.15, 0.2) is 30.5 Å². The van der Waals surface area contributed by atoms with E-state index in [9.17, 15) is 5.11 Å². The molecule has 0 radical (unpaired) electrons.